The lowest BCUT2D eigenvalue weighted by Gasteiger charge is -2.17. The smallest absolute Gasteiger partial charge is 0.291 e. The van der Waals surface area contributed by atoms with Crippen molar-refractivity contribution < 1.29 is 9.66 Å². The number of hydrogen-bond acceptors (Lipinski definition) is 5. The topological polar surface area (TPSA) is 68.5 Å². The minimum atomic E-state index is -0.385. The molecule has 0 N–H and O–H groups in total. The molecular formula is C14H23N3O3. The van der Waals surface area contributed by atoms with E-state index in [1.807, 2.05) is 13.8 Å². The number of aromatic nitrogens is 1. The fourth-order valence-corrected chi connectivity index (χ4v) is 1.94. The summed E-state index contributed by atoms with van der Waals surface area (Å²) >= 11 is 0. The highest BCUT2D eigenvalue weighted by atomic mass is 16.6. The Morgan fingerprint density at radius 2 is 2.00 bits per heavy atom. The Balaban J connectivity index is 2.91. The van der Waals surface area contributed by atoms with Crippen LogP contribution >= 0.6 is 0 Å². The highest BCUT2D eigenvalue weighted by Gasteiger charge is 2.17. The summed E-state index contributed by atoms with van der Waals surface area (Å²) in [7, 11) is 0. The molecule has 20 heavy (non-hydrogen) atoms. The van der Waals surface area contributed by atoms with Crippen molar-refractivity contribution in [3.63, 3.8) is 0 Å². The van der Waals surface area contributed by atoms with Crippen molar-refractivity contribution in [2.75, 3.05) is 19.6 Å². The molecule has 0 radical (unpaired) electrons. The molecule has 0 aliphatic rings. The van der Waals surface area contributed by atoms with Crippen LogP contribution in [0.15, 0.2) is 12.1 Å². The van der Waals surface area contributed by atoms with E-state index in [-0.39, 0.29) is 16.7 Å². The molecule has 1 rings (SSSR count). The summed E-state index contributed by atoms with van der Waals surface area (Å²) in [5, 5.41) is 11.1. The van der Waals surface area contributed by atoms with Crippen LogP contribution in [0.5, 0.6) is 5.88 Å². The summed E-state index contributed by atoms with van der Waals surface area (Å²) < 4.78 is 5.50. The standard InChI is InChI=1S/C14H23N3O3/c1-5-16(6-2)10-9-12-13(17(18)19)7-8-14(15-12)20-11(3)4/h7-8,11H,5-6,9-10H2,1-4H3. The lowest BCUT2D eigenvalue weighted by molar-refractivity contribution is -0.386. The van der Waals surface area contributed by atoms with Gasteiger partial charge >= 0.3 is 0 Å². The fraction of sp³-hybridized carbons (Fsp3) is 0.643. The first-order valence-electron chi connectivity index (χ1n) is 7.01. The highest BCUT2D eigenvalue weighted by Crippen LogP contribution is 2.21. The molecule has 1 aromatic heterocycles. The third-order valence-corrected chi connectivity index (χ3v) is 3.04. The van der Waals surface area contributed by atoms with Crippen molar-refractivity contribution >= 4 is 5.69 Å². The predicted molar refractivity (Wildman–Crippen MR) is 78.1 cm³/mol. The summed E-state index contributed by atoms with van der Waals surface area (Å²) in [5.41, 5.74) is 0.549. The van der Waals surface area contributed by atoms with E-state index in [0.717, 1.165) is 19.6 Å². The molecule has 0 aliphatic heterocycles. The summed E-state index contributed by atoms with van der Waals surface area (Å²) in [5.74, 6) is 0.445. The fourth-order valence-electron chi connectivity index (χ4n) is 1.94. The van der Waals surface area contributed by atoms with Gasteiger partial charge in [0.25, 0.3) is 5.69 Å². The van der Waals surface area contributed by atoms with Crippen LogP contribution in [-0.4, -0.2) is 40.5 Å². The quantitative estimate of drug-likeness (QED) is 0.541. The normalized spacial score (nSPS) is 11.1. The molecule has 0 unspecified atom stereocenters. The first kappa shape index (κ1) is 16.4. The third kappa shape index (κ3) is 4.77. The van der Waals surface area contributed by atoms with Gasteiger partial charge in [0.15, 0.2) is 0 Å². The molecule has 1 heterocycles. The van der Waals surface area contributed by atoms with Gasteiger partial charge in [-0.2, -0.15) is 0 Å². The number of likely N-dealkylation sites (N-methyl/N-ethyl adjacent to an activating group) is 1. The van der Waals surface area contributed by atoms with Crippen molar-refractivity contribution in [3.05, 3.63) is 27.9 Å². The summed E-state index contributed by atoms with van der Waals surface area (Å²) in [6.07, 6.45) is 0.549. The summed E-state index contributed by atoms with van der Waals surface area (Å²) in [6, 6.07) is 3.03. The molecule has 112 valence electrons. The first-order chi connectivity index (χ1) is 9.47. The summed E-state index contributed by atoms with van der Waals surface area (Å²) in [4.78, 5) is 17.2. The van der Waals surface area contributed by atoms with Gasteiger partial charge in [-0.3, -0.25) is 10.1 Å². The first-order valence-corrected chi connectivity index (χ1v) is 7.01. The largest absolute Gasteiger partial charge is 0.475 e. The van der Waals surface area contributed by atoms with Crippen LogP contribution < -0.4 is 4.74 Å². The number of nitro groups is 1. The van der Waals surface area contributed by atoms with Crippen LogP contribution in [0.1, 0.15) is 33.4 Å². The van der Waals surface area contributed by atoms with Gasteiger partial charge in [0.05, 0.1) is 11.0 Å². The van der Waals surface area contributed by atoms with E-state index < -0.39 is 0 Å². The molecule has 0 aromatic carbocycles. The number of nitrogens with zero attached hydrogens (tertiary/aromatic N) is 3. The van der Waals surface area contributed by atoms with E-state index in [4.69, 9.17) is 4.74 Å². The Bertz CT molecular complexity index is 445. The Morgan fingerprint density at radius 3 is 2.50 bits per heavy atom. The van der Waals surface area contributed by atoms with E-state index in [2.05, 4.69) is 23.7 Å². The second-order valence-corrected chi connectivity index (χ2v) is 4.82. The third-order valence-electron chi connectivity index (χ3n) is 3.04. The number of ether oxygens (including phenoxy) is 1. The molecule has 0 saturated carbocycles. The zero-order chi connectivity index (χ0) is 15.1. The maximum absolute atomic E-state index is 11.1. The minimum absolute atomic E-state index is 0.000381. The van der Waals surface area contributed by atoms with Crippen molar-refractivity contribution in [1.82, 2.24) is 9.88 Å². The van der Waals surface area contributed by atoms with Gasteiger partial charge in [-0.1, -0.05) is 13.8 Å². The van der Waals surface area contributed by atoms with Crippen LogP contribution in [0.3, 0.4) is 0 Å². The Hall–Kier alpha value is -1.69. The number of hydrogen-bond donors (Lipinski definition) is 0. The Morgan fingerprint density at radius 1 is 1.35 bits per heavy atom. The van der Waals surface area contributed by atoms with E-state index in [1.54, 1.807) is 6.07 Å². The van der Waals surface area contributed by atoms with Gasteiger partial charge in [-0.15, -0.1) is 0 Å². The van der Waals surface area contributed by atoms with Gasteiger partial charge in [0.2, 0.25) is 5.88 Å². The molecule has 0 amide bonds. The average molecular weight is 281 g/mol. The maximum atomic E-state index is 11.1. The molecule has 0 fully saturated rings. The molecule has 0 atom stereocenters. The van der Waals surface area contributed by atoms with Crippen LogP contribution in [0, 0.1) is 10.1 Å². The van der Waals surface area contributed by atoms with Gasteiger partial charge in [-0.05, 0) is 26.9 Å². The molecule has 0 aliphatic carbocycles. The van der Waals surface area contributed by atoms with Crippen molar-refractivity contribution in [1.29, 1.82) is 0 Å². The Labute approximate surface area is 119 Å². The van der Waals surface area contributed by atoms with Gasteiger partial charge < -0.3 is 9.64 Å². The van der Waals surface area contributed by atoms with E-state index >= 15 is 0 Å². The van der Waals surface area contributed by atoms with Gasteiger partial charge in [0, 0.05) is 25.1 Å². The Kier molecular flexibility index (Phi) is 6.38. The molecule has 0 spiro atoms. The van der Waals surface area contributed by atoms with E-state index in [9.17, 15) is 10.1 Å². The molecule has 6 nitrogen and oxygen atoms in total. The van der Waals surface area contributed by atoms with Crippen LogP contribution in [-0.2, 0) is 6.42 Å². The molecule has 0 bridgehead atoms. The molecule has 1 aromatic rings. The van der Waals surface area contributed by atoms with Crippen molar-refractivity contribution in [3.8, 4) is 5.88 Å². The second-order valence-electron chi connectivity index (χ2n) is 4.82. The monoisotopic (exact) mass is 281 g/mol. The van der Waals surface area contributed by atoms with E-state index in [1.165, 1.54) is 6.07 Å². The SMILES string of the molecule is CCN(CC)CCc1nc(OC(C)C)ccc1[N+](=O)[O-]. The zero-order valence-corrected chi connectivity index (χ0v) is 12.6. The van der Waals surface area contributed by atoms with Crippen LogP contribution in [0.4, 0.5) is 5.69 Å². The number of rotatable bonds is 8. The maximum Gasteiger partial charge on any atom is 0.291 e. The predicted octanol–water partition coefficient (Wildman–Crippen LogP) is 2.66. The van der Waals surface area contributed by atoms with Crippen LogP contribution in [0.2, 0.25) is 0 Å². The number of pyridine rings is 1. The molecule has 0 saturated heterocycles. The highest BCUT2D eigenvalue weighted by molar-refractivity contribution is 5.38. The zero-order valence-electron chi connectivity index (χ0n) is 12.6. The molecular weight excluding hydrogens is 258 g/mol. The van der Waals surface area contributed by atoms with Crippen LogP contribution in [0.25, 0.3) is 0 Å². The van der Waals surface area contributed by atoms with Crippen molar-refractivity contribution in [2.24, 2.45) is 0 Å². The van der Waals surface area contributed by atoms with Crippen molar-refractivity contribution in [2.45, 2.75) is 40.2 Å². The lowest BCUT2D eigenvalue weighted by atomic mass is 10.2. The van der Waals surface area contributed by atoms with Gasteiger partial charge in [-0.25, -0.2) is 4.98 Å². The molecule has 6 heteroatoms. The van der Waals surface area contributed by atoms with Gasteiger partial charge in [0.1, 0.15) is 5.69 Å². The lowest BCUT2D eigenvalue weighted by Crippen LogP contribution is -2.25. The minimum Gasteiger partial charge on any atom is -0.475 e. The second kappa shape index (κ2) is 7.79. The summed E-state index contributed by atoms with van der Waals surface area (Å²) in [6.45, 7) is 10.6. The average Bonchev–Trinajstić information content (AvgIpc) is 2.39. The van der Waals surface area contributed by atoms with E-state index in [0.29, 0.717) is 18.0 Å².